The Labute approximate surface area is 172 Å². The third-order valence-electron chi connectivity index (χ3n) is 5.18. The maximum absolute atomic E-state index is 13.4. The number of nitrogens with zero attached hydrogens (tertiary/aromatic N) is 5. The number of nitrogens with one attached hydrogen (secondary N) is 1. The monoisotopic (exact) mass is 408 g/mol. The van der Waals surface area contributed by atoms with Crippen LogP contribution in [0.4, 0.5) is 0 Å². The molecule has 0 aliphatic rings. The standard InChI is InChI=1S/C21H24N6O3/c1-5-13(3)23-17(28)9-27-16-7-6-12(2)8-15(16)19-20(27)21(29)26(11-22-19)10-18-24-14(4)25-30-18/h6-8,11,13H,5,9-10H2,1-4H3,(H,23,28)/t13-/m0/s1. The molecular formula is C21H24N6O3. The number of aromatic nitrogens is 5. The van der Waals surface area contributed by atoms with Gasteiger partial charge in [0.1, 0.15) is 24.1 Å². The van der Waals surface area contributed by atoms with E-state index in [-0.39, 0.29) is 30.6 Å². The normalized spacial score (nSPS) is 12.5. The number of carbonyl (C=O) groups is 1. The van der Waals surface area contributed by atoms with Crippen molar-refractivity contribution in [3.8, 4) is 0 Å². The lowest BCUT2D eigenvalue weighted by atomic mass is 10.1. The largest absolute Gasteiger partial charge is 0.352 e. The van der Waals surface area contributed by atoms with Gasteiger partial charge in [-0.3, -0.25) is 14.2 Å². The molecule has 0 aliphatic carbocycles. The summed E-state index contributed by atoms with van der Waals surface area (Å²) in [6.07, 6.45) is 2.31. The summed E-state index contributed by atoms with van der Waals surface area (Å²) in [6, 6.07) is 5.93. The number of hydrogen-bond donors (Lipinski definition) is 1. The van der Waals surface area contributed by atoms with Gasteiger partial charge in [0.2, 0.25) is 11.8 Å². The van der Waals surface area contributed by atoms with Gasteiger partial charge in [0.15, 0.2) is 5.82 Å². The maximum atomic E-state index is 13.4. The van der Waals surface area contributed by atoms with Gasteiger partial charge in [-0.25, -0.2) is 4.98 Å². The van der Waals surface area contributed by atoms with E-state index >= 15 is 0 Å². The van der Waals surface area contributed by atoms with Crippen LogP contribution >= 0.6 is 0 Å². The summed E-state index contributed by atoms with van der Waals surface area (Å²) in [5.74, 6) is 0.674. The van der Waals surface area contributed by atoms with Crippen molar-refractivity contribution in [3.63, 3.8) is 0 Å². The second-order valence-electron chi connectivity index (χ2n) is 7.59. The van der Waals surface area contributed by atoms with E-state index in [0.29, 0.717) is 22.7 Å². The van der Waals surface area contributed by atoms with E-state index in [0.717, 1.165) is 22.9 Å². The molecule has 1 aromatic carbocycles. The molecule has 9 heteroatoms. The van der Waals surface area contributed by atoms with Gasteiger partial charge in [0, 0.05) is 11.4 Å². The van der Waals surface area contributed by atoms with Crippen molar-refractivity contribution in [1.82, 2.24) is 29.6 Å². The van der Waals surface area contributed by atoms with E-state index in [4.69, 9.17) is 4.52 Å². The van der Waals surface area contributed by atoms with E-state index in [2.05, 4.69) is 20.4 Å². The molecule has 0 unspecified atom stereocenters. The summed E-state index contributed by atoms with van der Waals surface area (Å²) in [4.78, 5) is 34.7. The lowest BCUT2D eigenvalue weighted by Crippen LogP contribution is -2.35. The average molecular weight is 408 g/mol. The Balaban J connectivity index is 1.86. The number of benzene rings is 1. The van der Waals surface area contributed by atoms with E-state index in [9.17, 15) is 9.59 Å². The molecule has 0 fully saturated rings. The van der Waals surface area contributed by atoms with Crippen LogP contribution in [0.2, 0.25) is 0 Å². The Kier molecular flexibility index (Phi) is 5.11. The molecule has 0 aliphatic heterocycles. The molecule has 0 radical (unpaired) electrons. The van der Waals surface area contributed by atoms with Crippen molar-refractivity contribution in [2.45, 2.75) is 53.2 Å². The van der Waals surface area contributed by atoms with Crippen LogP contribution in [0.15, 0.2) is 33.8 Å². The Bertz CT molecular complexity index is 1300. The summed E-state index contributed by atoms with van der Waals surface area (Å²) in [6.45, 7) is 7.81. The first kappa shape index (κ1) is 19.8. The van der Waals surface area contributed by atoms with Gasteiger partial charge in [-0.15, -0.1) is 0 Å². The summed E-state index contributed by atoms with van der Waals surface area (Å²) in [7, 11) is 0. The van der Waals surface area contributed by atoms with E-state index < -0.39 is 0 Å². The minimum atomic E-state index is -0.263. The fraction of sp³-hybridized carbons (Fsp3) is 0.381. The number of amides is 1. The number of rotatable bonds is 6. The van der Waals surface area contributed by atoms with Gasteiger partial charge in [-0.1, -0.05) is 23.7 Å². The molecule has 1 atom stereocenters. The lowest BCUT2D eigenvalue weighted by molar-refractivity contribution is -0.122. The highest BCUT2D eigenvalue weighted by molar-refractivity contribution is 6.06. The molecule has 0 saturated heterocycles. The first-order valence-corrected chi connectivity index (χ1v) is 9.94. The topological polar surface area (TPSA) is 108 Å². The molecule has 3 aromatic heterocycles. The zero-order valence-electron chi connectivity index (χ0n) is 17.5. The second-order valence-corrected chi connectivity index (χ2v) is 7.59. The van der Waals surface area contributed by atoms with Crippen molar-refractivity contribution in [2.75, 3.05) is 0 Å². The maximum Gasteiger partial charge on any atom is 0.278 e. The third kappa shape index (κ3) is 3.58. The predicted octanol–water partition coefficient (Wildman–Crippen LogP) is 2.31. The molecule has 0 saturated carbocycles. The third-order valence-corrected chi connectivity index (χ3v) is 5.18. The zero-order valence-corrected chi connectivity index (χ0v) is 17.5. The van der Waals surface area contributed by atoms with Gasteiger partial charge in [0.25, 0.3) is 5.56 Å². The molecule has 3 heterocycles. The predicted molar refractivity (Wildman–Crippen MR) is 112 cm³/mol. The summed E-state index contributed by atoms with van der Waals surface area (Å²) in [5, 5.41) is 7.57. The number of fused-ring (bicyclic) bond motifs is 3. The molecule has 156 valence electrons. The molecule has 0 bridgehead atoms. The van der Waals surface area contributed by atoms with E-state index in [1.54, 1.807) is 11.5 Å². The second kappa shape index (κ2) is 7.74. The molecular weight excluding hydrogens is 384 g/mol. The molecule has 4 aromatic rings. The van der Waals surface area contributed by atoms with Crippen LogP contribution in [0.25, 0.3) is 21.9 Å². The van der Waals surface area contributed by atoms with Crippen LogP contribution in [0.3, 0.4) is 0 Å². The highest BCUT2D eigenvalue weighted by Crippen LogP contribution is 2.26. The first-order valence-electron chi connectivity index (χ1n) is 9.94. The molecule has 30 heavy (non-hydrogen) atoms. The number of carbonyl (C=O) groups excluding carboxylic acids is 1. The van der Waals surface area contributed by atoms with Crippen molar-refractivity contribution in [3.05, 3.63) is 52.2 Å². The smallest absolute Gasteiger partial charge is 0.278 e. The van der Waals surface area contributed by atoms with Crippen LogP contribution in [0.1, 0.15) is 37.5 Å². The Morgan fingerprint density at radius 3 is 2.80 bits per heavy atom. The number of hydrogen-bond acceptors (Lipinski definition) is 6. The van der Waals surface area contributed by atoms with Crippen molar-refractivity contribution in [2.24, 2.45) is 0 Å². The molecule has 9 nitrogen and oxygen atoms in total. The Morgan fingerprint density at radius 1 is 1.30 bits per heavy atom. The molecule has 1 N–H and O–H groups in total. The molecule has 4 rings (SSSR count). The van der Waals surface area contributed by atoms with E-state index in [1.807, 2.05) is 39.0 Å². The van der Waals surface area contributed by atoms with Crippen LogP contribution in [0.5, 0.6) is 0 Å². The minimum Gasteiger partial charge on any atom is -0.352 e. The van der Waals surface area contributed by atoms with Gasteiger partial charge in [-0.2, -0.15) is 4.98 Å². The Hall–Kier alpha value is -3.49. The highest BCUT2D eigenvalue weighted by atomic mass is 16.5. The van der Waals surface area contributed by atoms with Crippen LogP contribution in [-0.4, -0.2) is 36.2 Å². The van der Waals surface area contributed by atoms with Crippen LogP contribution in [0, 0.1) is 13.8 Å². The van der Waals surface area contributed by atoms with Crippen molar-refractivity contribution < 1.29 is 9.32 Å². The fourth-order valence-corrected chi connectivity index (χ4v) is 3.51. The van der Waals surface area contributed by atoms with Gasteiger partial charge >= 0.3 is 0 Å². The van der Waals surface area contributed by atoms with Gasteiger partial charge in [0.05, 0.1) is 11.8 Å². The minimum absolute atomic E-state index is 0.0357. The molecule has 0 spiro atoms. The lowest BCUT2D eigenvalue weighted by Gasteiger charge is -2.13. The van der Waals surface area contributed by atoms with Crippen molar-refractivity contribution in [1.29, 1.82) is 0 Å². The number of aryl methyl sites for hydroxylation is 2. The van der Waals surface area contributed by atoms with Gasteiger partial charge < -0.3 is 14.4 Å². The van der Waals surface area contributed by atoms with Crippen LogP contribution in [-0.2, 0) is 17.9 Å². The van der Waals surface area contributed by atoms with Crippen LogP contribution < -0.4 is 10.9 Å². The summed E-state index contributed by atoms with van der Waals surface area (Å²) < 4.78 is 8.30. The zero-order chi connectivity index (χ0) is 21.4. The first-order chi connectivity index (χ1) is 14.4. The van der Waals surface area contributed by atoms with Gasteiger partial charge in [-0.05, 0) is 39.3 Å². The summed E-state index contributed by atoms with van der Waals surface area (Å²) in [5.41, 5.74) is 2.55. The molecule has 1 amide bonds. The fourth-order valence-electron chi connectivity index (χ4n) is 3.51. The van der Waals surface area contributed by atoms with Crippen molar-refractivity contribution >= 4 is 27.8 Å². The highest BCUT2D eigenvalue weighted by Gasteiger charge is 2.19. The summed E-state index contributed by atoms with van der Waals surface area (Å²) >= 11 is 0. The Morgan fingerprint density at radius 2 is 2.10 bits per heavy atom. The SMILES string of the molecule is CC[C@H](C)NC(=O)Cn1c2ccc(C)cc2c2ncn(Cc3nc(C)no3)c(=O)c21. The average Bonchev–Trinajstić information content (AvgIpc) is 3.25. The van der Waals surface area contributed by atoms with E-state index in [1.165, 1.54) is 10.9 Å². The quantitative estimate of drug-likeness (QED) is 0.525.